The predicted molar refractivity (Wildman–Crippen MR) is 95.7 cm³/mol. The fourth-order valence-corrected chi connectivity index (χ4v) is 4.08. The van der Waals surface area contributed by atoms with Crippen LogP contribution in [0.4, 0.5) is 0 Å². The summed E-state index contributed by atoms with van der Waals surface area (Å²) in [6.45, 7) is 6.14. The third-order valence-electron chi connectivity index (χ3n) is 5.52. The largest absolute Gasteiger partial charge is 0.334 e. The fourth-order valence-electron chi connectivity index (χ4n) is 4.08. The van der Waals surface area contributed by atoms with Gasteiger partial charge in [0, 0.05) is 31.2 Å². The third-order valence-corrected chi connectivity index (χ3v) is 5.52. The maximum absolute atomic E-state index is 12.5. The molecule has 2 aliphatic heterocycles. The number of benzene rings is 2. The lowest BCUT2D eigenvalue weighted by atomic mass is 10.1. The van der Waals surface area contributed by atoms with Crippen LogP contribution >= 0.6 is 0 Å². The van der Waals surface area contributed by atoms with Crippen LogP contribution in [0.15, 0.2) is 54.6 Å². The number of carbonyl (C=O) groups excluding carboxylic acids is 1. The number of amides is 1. The summed E-state index contributed by atoms with van der Waals surface area (Å²) >= 11 is 0. The standard InChI is InChI=1S/C21H24N2O/c1-16(18-7-3-2-4-8-18)22-12-11-17(13-22)14-23-15-19-9-5-6-10-20(19)21(23)24/h2-10,16-17H,11-15H2,1H3/t16-,17-/m0/s1. The number of rotatable bonds is 4. The van der Waals surface area contributed by atoms with Gasteiger partial charge in [0.15, 0.2) is 0 Å². The quantitative estimate of drug-likeness (QED) is 0.857. The van der Waals surface area contributed by atoms with E-state index < -0.39 is 0 Å². The van der Waals surface area contributed by atoms with Crippen molar-refractivity contribution in [3.63, 3.8) is 0 Å². The topological polar surface area (TPSA) is 23.6 Å². The molecule has 2 atom stereocenters. The molecule has 1 saturated heterocycles. The van der Waals surface area contributed by atoms with Crippen molar-refractivity contribution in [3.05, 3.63) is 71.3 Å². The van der Waals surface area contributed by atoms with Gasteiger partial charge in [-0.05, 0) is 43.0 Å². The summed E-state index contributed by atoms with van der Waals surface area (Å²) < 4.78 is 0. The Morgan fingerprint density at radius 3 is 2.62 bits per heavy atom. The Morgan fingerprint density at radius 1 is 1.08 bits per heavy atom. The van der Waals surface area contributed by atoms with Crippen LogP contribution in [0.25, 0.3) is 0 Å². The molecule has 1 fully saturated rings. The van der Waals surface area contributed by atoms with Crippen LogP contribution in [0.2, 0.25) is 0 Å². The van der Waals surface area contributed by atoms with Crippen molar-refractivity contribution in [1.29, 1.82) is 0 Å². The average Bonchev–Trinajstić information content (AvgIpc) is 3.21. The van der Waals surface area contributed by atoms with Crippen molar-refractivity contribution in [2.24, 2.45) is 5.92 Å². The molecular weight excluding hydrogens is 296 g/mol. The van der Waals surface area contributed by atoms with Crippen LogP contribution in [0, 0.1) is 5.92 Å². The van der Waals surface area contributed by atoms with E-state index in [-0.39, 0.29) is 5.91 Å². The van der Waals surface area contributed by atoms with Gasteiger partial charge < -0.3 is 4.90 Å². The number of carbonyl (C=O) groups is 1. The zero-order valence-corrected chi connectivity index (χ0v) is 14.2. The zero-order valence-electron chi connectivity index (χ0n) is 14.2. The summed E-state index contributed by atoms with van der Waals surface area (Å²) in [7, 11) is 0. The highest BCUT2D eigenvalue weighted by atomic mass is 16.2. The Morgan fingerprint density at radius 2 is 1.83 bits per heavy atom. The molecule has 0 unspecified atom stereocenters. The SMILES string of the molecule is C[C@@H](c1ccccc1)N1CC[C@H](CN2Cc3ccccc3C2=O)C1. The summed E-state index contributed by atoms with van der Waals surface area (Å²) in [4.78, 5) is 17.1. The van der Waals surface area contributed by atoms with E-state index in [4.69, 9.17) is 0 Å². The molecule has 3 nitrogen and oxygen atoms in total. The molecule has 2 heterocycles. The maximum atomic E-state index is 12.5. The van der Waals surface area contributed by atoms with Crippen LogP contribution in [0.5, 0.6) is 0 Å². The molecule has 0 N–H and O–H groups in total. The van der Waals surface area contributed by atoms with Crippen molar-refractivity contribution < 1.29 is 4.79 Å². The van der Waals surface area contributed by atoms with Gasteiger partial charge in [-0.2, -0.15) is 0 Å². The third kappa shape index (κ3) is 2.84. The van der Waals surface area contributed by atoms with E-state index in [2.05, 4.69) is 48.2 Å². The minimum Gasteiger partial charge on any atom is -0.334 e. The molecule has 2 aliphatic rings. The van der Waals surface area contributed by atoms with E-state index in [1.807, 2.05) is 23.1 Å². The minimum absolute atomic E-state index is 0.208. The van der Waals surface area contributed by atoms with Crippen molar-refractivity contribution in [2.75, 3.05) is 19.6 Å². The zero-order chi connectivity index (χ0) is 16.5. The highest BCUT2D eigenvalue weighted by Gasteiger charge is 2.32. The molecule has 0 aliphatic carbocycles. The lowest BCUT2D eigenvalue weighted by Gasteiger charge is -2.26. The number of fused-ring (bicyclic) bond motifs is 1. The second-order valence-electron chi connectivity index (χ2n) is 7.08. The molecule has 3 heteroatoms. The number of likely N-dealkylation sites (tertiary alicyclic amines) is 1. The fraction of sp³-hybridized carbons (Fsp3) is 0.381. The number of hydrogen-bond acceptors (Lipinski definition) is 2. The van der Waals surface area contributed by atoms with Gasteiger partial charge in [-0.1, -0.05) is 48.5 Å². The molecule has 0 aromatic heterocycles. The molecular formula is C21H24N2O. The van der Waals surface area contributed by atoms with Crippen LogP contribution in [0.3, 0.4) is 0 Å². The molecule has 0 radical (unpaired) electrons. The normalized spacial score (nSPS) is 22.0. The van der Waals surface area contributed by atoms with Gasteiger partial charge in [-0.3, -0.25) is 9.69 Å². The molecule has 2 aromatic carbocycles. The van der Waals surface area contributed by atoms with Crippen LogP contribution in [-0.2, 0) is 6.54 Å². The van der Waals surface area contributed by atoms with Gasteiger partial charge in [0.1, 0.15) is 0 Å². The van der Waals surface area contributed by atoms with E-state index in [9.17, 15) is 4.79 Å². The van der Waals surface area contributed by atoms with Gasteiger partial charge in [0.25, 0.3) is 5.91 Å². The smallest absolute Gasteiger partial charge is 0.254 e. The Hall–Kier alpha value is -2.13. The summed E-state index contributed by atoms with van der Waals surface area (Å²) in [5.41, 5.74) is 3.45. The Balaban J connectivity index is 1.38. The van der Waals surface area contributed by atoms with Crippen LogP contribution in [-0.4, -0.2) is 35.3 Å². The van der Waals surface area contributed by atoms with Gasteiger partial charge in [-0.25, -0.2) is 0 Å². The first-order chi connectivity index (χ1) is 11.7. The van der Waals surface area contributed by atoms with E-state index in [1.165, 1.54) is 17.5 Å². The maximum Gasteiger partial charge on any atom is 0.254 e. The predicted octanol–water partition coefficient (Wildman–Crippen LogP) is 3.73. The second-order valence-corrected chi connectivity index (χ2v) is 7.08. The lowest BCUT2D eigenvalue weighted by Crippen LogP contribution is -2.32. The van der Waals surface area contributed by atoms with Crippen molar-refractivity contribution >= 4 is 5.91 Å². The molecule has 24 heavy (non-hydrogen) atoms. The molecule has 2 aromatic rings. The first-order valence-electron chi connectivity index (χ1n) is 8.88. The first kappa shape index (κ1) is 15.4. The van der Waals surface area contributed by atoms with E-state index >= 15 is 0 Å². The van der Waals surface area contributed by atoms with Crippen molar-refractivity contribution in [2.45, 2.75) is 25.9 Å². The van der Waals surface area contributed by atoms with Gasteiger partial charge in [0.2, 0.25) is 0 Å². The van der Waals surface area contributed by atoms with Gasteiger partial charge in [0.05, 0.1) is 0 Å². The molecule has 0 spiro atoms. The van der Waals surface area contributed by atoms with E-state index in [0.29, 0.717) is 12.0 Å². The Labute approximate surface area is 143 Å². The summed E-state index contributed by atoms with van der Waals surface area (Å²) in [6.07, 6.45) is 1.18. The highest BCUT2D eigenvalue weighted by molar-refractivity contribution is 5.98. The van der Waals surface area contributed by atoms with Crippen molar-refractivity contribution in [1.82, 2.24) is 9.80 Å². The first-order valence-corrected chi connectivity index (χ1v) is 8.88. The van der Waals surface area contributed by atoms with E-state index in [0.717, 1.165) is 31.7 Å². The summed E-state index contributed by atoms with van der Waals surface area (Å²) in [6, 6.07) is 19.2. The number of hydrogen-bond donors (Lipinski definition) is 0. The molecule has 1 amide bonds. The summed E-state index contributed by atoms with van der Waals surface area (Å²) in [5.74, 6) is 0.787. The van der Waals surface area contributed by atoms with E-state index in [1.54, 1.807) is 0 Å². The molecule has 0 bridgehead atoms. The van der Waals surface area contributed by atoms with Crippen LogP contribution < -0.4 is 0 Å². The second kappa shape index (κ2) is 6.40. The van der Waals surface area contributed by atoms with Crippen LogP contribution in [0.1, 0.15) is 40.9 Å². The van der Waals surface area contributed by atoms with Gasteiger partial charge in [-0.15, -0.1) is 0 Å². The Bertz CT molecular complexity index is 728. The highest BCUT2D eigenvalue weighted by Crippen LogP contribution is 2.30. The lowest BCUT2D eigenvalue weighted by molar-refractivity contribution is 0.0751. The Kier molecular flexibility index (Phi) is 4.11. The molecule has 124 valence electrons. The molecule has 0 saturated carbocycles. The van der Waals surface area contributed by atoms with Crippen molar-refractivity contribution in [3.8, 4) is 0 Å². The van der Waals surface area contributed by atoms with Gasteiger partial charge >= 0.3 is 0 Å². The minimum atomic E-state index is 0.208. The molecule has 4 rings (SSSR count). The number of nitrogens with zero attached hydrogens (tertiary/aromatic N) is 2. The summed E-state index contributed by atoms with van der Waals surface area (Å²) in [5, 5.41) is 0. The average molecular weight is 320 g/mol. The monoisotopic (exact) mass is 320 g/mol.